The summed E-state index contributed by atoms with van der Waals surface area (Å²) >= 11 is 0. The molecular formula is C19H17F5N6O. The van der Waals surface area contributed by atoms with Crippen LogP contribution in [0, 0.1) is 5.92 Å². The summed E-state index contributed by atoms with van der Waals surface area (Å²) in [5, 5.41) is 3.19. The maximum atomic E-state index is 14.0. The number of nitrogens with one attached hydrogen (secondary N) is 1. The highest BCUT2D eigenvalue weighted by Crippen LogP contribution is 2.37. The molecule has 1 aliphatic rings. The van der Waals surface area contributed by atoms with Gasteiger partial charge in [0.25, 0.3) is 0 Å². The maximum Gasteiger partial charge on any atom is 0.395 e. The van der Waals surface area contributed by atoms with Gasteiger partial charge in [-0.2, -0.15) is 22.0 Å². The van der Waals surface area contributed by atoms with Crippen LogP contribution < -0.4 is 10.2 Å². The third-order valence-electron chi connectivity index (χ3n) is 4.89. The van der Waals surface area contributed by atoms with Gasteiger partial charge in [0, 0.05) is 56.8 Å². The van der Waals surface area contributed by atoms with Crippen LogP contribution in [0.25, 0.3) is 16.7 Å². The molecule has 0 spiro atoms. The number of alkyl halides is 5. The predicted molar refractivity (Wildman–Crippen MR) is 102 cm³/mol. The summed E-state index contributed by atoms with van der Waals surface area (Å²) in [4.78, 5) is 24.4. The van der Waals surface area contributed by atoms with Gasteiger partial charge in [0.2, 0.25) is 11.7 Å². The molecule has 1 saturated heterocycles. The van der Waals surface area contributed by atoms with Gasteiger partial charge in [-0.05, 0) is 6.07 Å². The standard InChI is InChI=1S/C19H17F5N6O/c1-10(31)26-14-5-13-11(7-25-14)3-4-30(13)16-6-15(27-17(28-16)18(2,20)21)29-8-12(9-29)19(22,23)24/h3-7,12H,8-9H2,1-2H3,(H,25,26,31). The van der Waals surface area contributed by atoms with Crippen molar-refractivity contribution in [1.82, 2.24) is 19.5 Å². The highest BCUT2D eigenvalue weighted by molar-refractivity contribution is 5.91. The zero-order chi connectivity index (χ0) is 22.6. The van der Waals surface area contributed by atoms with Gasteiger partial charge in [0.15, 0.2) is 0 Å². The third kappa shape index (κ3) is 4.14. The van der Waals surface area contributed by atoms with Crippen molar-refractivity contribution in [2.45, 2.75) is 25.9 Å². The fourth-order valence-corrected chi connectivity index (χ4v) is 3.25. The molecule has 0 radical (unpaired) electrons. The smallest absolute Gasteiger partial charge is 0.355 e. The minimum absolute atomic E-state index is 0.0139. The summed E-state index contributed by atoms with van der Waals surface area (Å²) in [6.45, 7) is 1.21. The molecule has 3 aromatic heterocycles. The number of anilines is 2. The van der Waals surface area contributed by atoms with E-state index in [-0.39, 0.29) is 36.5 Å². The Morgan fingerprint density at radius 3 is 2.42 bits per heavy atom. The molecule has 0 atom stereocenters. The van der Waals surface area contributed by atoms with Crippen molar-refractivity contribution >= 4 is 28.4 Å². The summed E-state index contributed by atoms with van der Waals surface area (Å²) in [5.41, 5.74) is 0.519. The molecule has 0 aliphatic carbocycles. The number of hydrogen-bond acceptors (Lipinski definition) is 5. The molecule has 3 aromatic rings. The SMILES string of the molecule is CC(=O)Nc1cc2c(ccn2-c2cc(N3CC(C(F)(F)F)C3)nc(C(C)(F)F)n2)cn1. The van der Waals surface area contributed by atoms with E-state index in [0.717, 1.165) is 0 Å². The molecule has 1 fully saturated rings. The van der Waals surface area contributed by atoms with Crippen LogP contribution >= 0.6 is 0 Å². The normalized spacial score (nSPS) is 15.3. The van der Waals surface area contributed by atoms with Gasteiger partial charge in [-0.15, -0.1) is 0 Å². The average molecular weight is 440 g/mol. The Hall–Kier alpha value is -3.31. The molecule has 0 aromatic carbocycles. The second-order valence-electron chi connectivity index (χ2n) is 7.44. The van der Waals surface area contributed by atoms with E-state index in [2.05, 4.69) is 20.3 Å². The van der Waals surface area contributed by atoms with Gasteiger partial charge in [-0.1, -0.05) is 0 Å². The predicted octanol–water partition coefficient (Wildman–Crippen LogP) is 3.88. The van der Waals surface area contributed by atoms with Crippen molar-refractivity contribution in [3.05, 3.63) is 36.4 Å². The summed E-state index contributed by atoms with van der Waals surface area (Å²) < 4.78 is 68.1. The first-order chi connectivity index (χ1) is 14.4. The van der Waals surface area contributed by atoms with E-state index in [1.165, 1.54) is 28.7 Å². The van der Waals surface area contributed by atoms with Crippen molar-refractivity contribution in [2.24, 2.45) is 5.92 Å². The highest BCUT2D eigenvalue weighted by Gasteiger charge is 2.48. The number of amides is 1. The van der Waals surface area contributed by atoms with E-state index in [1.54, 1.807) is 18.3 Å². The lowest BCUT2D eigenvalue weighted by molar-refractivity contribution is -0.180. The van der Waals surface area contributed by atoms with E-state index in [0.29, 0.717) is 17.8 Å². The topological polar surface area (TPSA) is 75.9 Å². The van der Waals surface area contributed by atoms with Gasteiger partial charge in [-0.3, -0.25) is 4.79 Å². The van der Waals surface area contributed by atoms with E-state index >= 15 is 0 Å². The minimum atomic E-state index is -4.35. The van der Waals surface area contributed by atoms with Crippen LogP contribution in [-0.4, -0.2) is 44.7 Å². The molecule has 1 amide bonds. The summed E-state index contributed by atoms with van der Waals surface area (Å²) in [5.74, 6) is -5.76. The molecule has 164 valence electrons. The third-order valence-corrected chi connectivity index (χ3v) is 4.89. The zero-order valence-electron chi connectivity index (χ0n) is 16.4. The van der Waals surface area contributed by atoms with E-state index in [1.807, 2.05) is 0 Å². The molecule has 0 saturated carbocycles. The lowest BCUT2D eigenvalue weighted by Crippen LogP contribution is -2.53. The first-order valence-electron chi connectivity index (χ1n) is 9.26. The number of aromatic nitrogens is 4. The lowest BCUT2D eigenvalue weighted by Gasteiger charge is -2.41. The number of pyridine rings is 1. The molecule has 31 heavy (non-hydrogen) atoms. The van der Waals surface area contributed by atoms with Crippen molar-refractivity contribution in [3.63, 3.8) is 0 Å². The number of halogens is 5. The first kappa shape index (κ1) is 20.9. The van der Waals surface area contributed by atoms with Crippen molar-refractivity contribution < 1.29 is 26.7 Å². The number of carbonyl (C=O) groups is 1. The van der Waals surface area contributed by atoms with Crippen molar-refractivity contribution in [2.75, 3.05) is 23.3 Å². The molecule has 7 nitrogen and oxygen atoms in total. The average Bonchev–Trinajstić information content (AvgIpc) is 3.01. The van der Waals surface area contributed by atoms with Gasteiger partial charge in [0.05, 0.1) is 11.4 Å². The maximum absolute atomic E-state index is 14.0. The van der Waals surface area contributed by atoms with E-state index < -0.39 is 23.8 Å². The summed E-state index contributed by atoms with van der Waals surface area (Å²) in [6.07, 6.45) is -1.28. The number of carbonyl (C=O) groups excluding carboxylic acids is 1. The van der Waals surface area contributed by atoms with Crippen LogP contribution in [0.2, 0.25) is 0 Å². The Labute approximate surface area is 172 Å². The van der Waals surface area contributed by atoms with E-state index in [4.69, 9.17) is 0 Å². The van der Waals surface area contributed by atoms with Crippen molar-refractivity contribution in [3.8, 4) is 5.82 Å². The van der Waals surface area contributed by atoms with Gasteiger partial charge in [-0.25, -0.2) is 15.0 Å². The second kappa shape index (κ2) is 7.13. The fraction of sp³-hybridized carbons (Fsp3) is 0.368. The largest absolute Gasteiger partial charge is 0.395 e. The summed E-state index contributed by atoms with van der Waals surface area (Å²) in [7, 11) is 0. The van der Waals surface area contributed by atoms with Gasteiger partial charge < -0.3 is 14.8 Å². The van der Waals surface area contributed by atoms with Crippen LogP contribution in [0.3, 0.4) is 0 Å². The molecule has 4 rings (SSSR count). The Bertz CT molecular complexity index is 1150. The van der Waals surface area contributed by atoms with Crippen LogP contribution in [0.15, 0.2) is 30.6 Å². The van der Waals surface area contributed by atoms with E-state index in [9.17, 15) is 26.7 Å². The van der Waals surface area contributed by atoms with Gasteiger partial charge >= 0.3 is 12.1 Å². The van der Waals surface area contributed by atoms with Crippen LogP contribution in [0.5, 0.6) is 0 Å². The quantitative estimate of drug-likeness (QED) is 0.624. The number of fused-ring (bicyclic) bond motifs is 1. The monoisotopic (exact) mass is 440 g/mol. The second-order valence-corrected chi connectivity index (χ2v) is 7.44. The number of rotatable bonds is 4. The molecule has 4 heterocycles. The molecule has 0 bridgehead atoms. The lowest BCUT2D eigenvalue weighted by atomic mass is 10.00. The Balaban J connectivity index is 1.77. The number of hydrogen-bond donors (Lipinski definition) is 1. The highest BCUT2D eigenvalue weighted by atomic mass is 19.4. The van der Waals surface area contributed by atoms with Crippen LogP contribution in [-0.2, 0) is 10.7 Å². The molecule has 1 aliphatic heterocycles. The fourth-order valence-electron chi connectivity index (χ4n) is 3.25. The molecule has 1 N–H and O–H groups in total. The zero-order valence-corrected chi connectivity index (χ0v) is 16.4. The molecule has 12 heteroatoms. The van der Waals surface area contributed by atoms with Crippen LogP contribution in [0.1, 0.15) is 19.7 Å². The first-order valence-corrected chi connectivity index (χ1v) is 9.26. The van der Waals surface area contributed by atoms with Gasteiger partial charge in [0.1, 0.15) is 17.5 Å². The number of nitrogens with zero attached hydrogens (tertiary/aromatic N) is 5. The minimum Gasteiger partial charge on any atom is -0.355 e. The van der Waals surface area contributed by atoms with Crippen LogP contribution in [0.4, 0.5) is 33.6 Å². The Morgan fingerprint density at radius 1 is 1.13 bits per heavy atom. The Morgan fingerprint density at radius 2 is 1.81 bits per heavy atom. The summed E-state index contributed by atoms with van der Waals surface area (Å²) in [6, 6.07) is 4.58. The Kier molecular flexibility index (Phi) is 4.82. The molecular weight excluding hydrogens is 423 g/mol. The van der Waals surface area contributed by atoms with Crippen molar-refractivity contribution in [1.29, 1.82) is 0 Å². The molecule has 0 unspecified atom stereocenters.